The van der Waals surface area contributed by atoms with Gasteiger partial charge in [0.1, 0.15) is 5.78 Å². The van der Waals surface area contributed by atoms with Crippen molar-refractivity contribution in [2.45, 2.75) is 58.8 Å². The Balaban J connectivity index is 2.30. The van der Waals surface area contributed by atoms with E-state index in [2.05, 4.69) is 6.92 Å². The van der Waals surface area contributed by atoms with Gasteiger partial charge in [-0.25, -0.2) is 0 Å². The molecule has 0 saturated carbocycles. The second-order valence-electron chi connectivity index (χ2n) is 5.17. The second kappa shape index (κ2) is 8.63. The molecule has 0 aromatic heterocycles. The smallest absolute Gasteiger partial charge is 0.170 e. The normalized spacial score (nSPS) is 10.4. The van der Waals surface area contributed by atoms with E-state index in [0.717, 1.165) is 18.4 Å². The number of carbonyl (C=O) groups excluding carboxylic acids is 2. The number of hydrogen-bond donors (Lipinski definition) is 0. The van der Waals surface area contributed by atoms with Crippen molar-refractivity contribution < 1.29 is 9.59 Å². The lowest BCUT2D eigenvalue weighted by atomic mass is 10.0. The Morgan fingerprint density at radius 2 is 1.79 bits per heavy atom. The van der Waals surface area contributed by atoms with Gasteiger partial charge in [0.25, 0.3) is 0 Å². The molecule has 0 radical (unpaired) electrons. The maximum absolute atomic E-state index is 11.9. The molecule has 0 amide bonds. The zero-order valence-corrected chi connectivity index (χ0v) is 12.1. The van der Waals surface area contributed by atoms with Gasteiger partial charge in [0.2, 0.25) is 0 Å². The Bertz CT molecular complexity index is 421. The summed E-state index contributed by atoms with van der Waals surface area (Å²) in [6.45, 7) is 4.12. The average molecular weight is 260 g/mol. The highest BCUT2D eigenvalue weighted by atomic mass is 16.1. The molecule has 104 valence electrons. The summed E-state index contributed by atoms with van der Waals surface area (Å²) in [7, 11) is 0. The van der Waals surface area contributed by atoms with Gasteiger partial charge in [-0.15, -0.1) is 0 Å². The minimum absolute atomic E-state index is 0.0528. The molecule has 0 saturated heterocycles. The lowest BCUT2D eigenvalue weighted by Gasteiger charge is -2.02. The van der Waals surface area contributed by atoms with Crippen molar-refractivity contribution in [1.29, 1.82) is 0 Å². The SMILES string of the molecule is CCCCCCCC(=O)CC(=O)c1cccc(C)c1. The number of carbonyl (C=O) groups is 2. The molecular weight excluding hydrogens is 236 g/mol. The first-order valence-corrected chi connectivity index (χ1v) is 7.25. The molecule has 0 heterocycles. The third-order valence-corrected chi connectivity index (χ3v) is 3.26. The predicted molar refractivity (Wildman–Crippen MR) is 78.5 cm³/mol. The molecule has 0 N–H and O–H groups in total. The summed E-state index contributed by atoms with van der Waals surface area (Å²) in [6.07, 6.45) is 6.24. The Hall–Kier alpha value is -1.44. The van der Waals surface area contributed by atoms with E-state index in [0.29, 0.717) is 12.0 Å². The first-order valence-electron chi connectivity index (χ1n) is 7.25. The molecule has 1 rings (SSSR count). The molecule has 19 heavy (non-hydrogen) atoms. The maximum Gasteiger partial charge on any atom is 0.170 e. The van der Waals surface area contributed by atoms with Crippen LogP contribution >= 0.6 is 0 Å². The van der Waals surface area contributed by atoms with Crippen LogP contribution in [-0.4, -0.2) is 11.6 Å². The number of ketones is 2. The van der Waals surface area contributed by atoms with Gasteiger partial charge in [-0.05, 0) is 19.4 Å². The minimum atomic E-state index is -0.0535. The molecule has 0 aliphatic rings. The number of rotatable bonds is 9. The Morgan fingerprint density at radius 3 is 2.47 bits per heavy atom. The van der Waals surface area contributed by atoms with Crippen molar-refractivity contribution in [3.05, 3.63) is 35.4 Å². The highest BCUT2D eigenvalue weighted by Gasteiger charge is 2.11. The van der Waals surface area contributed by atoms with Crippen LogP contribution in [0.25, 0.3) is 0 Å². The Kier molecular flexibility index (Phi) is 7.09. The fourth-order valence-electron chi connectivity index (χ4n) is 2.11. The van der Waals surface area contributed by atoms with Crippen LogP contribution in [0.3, 0.4) is 0 Å². The molecule has 2 nitrogen and oxygen atoms in total. The van der Waals surface area contributed by atoms with Crippen LogP contribution in [0, 0.1) is 6.92 Å². The number of benzene rings is 1. The highest BCUT2D eigenvalue weighted by molar-refractivity contribution is 6.07. The summed E-state index contributed by atoms with van der Waals surface area (Å²) in [6, 6.07) is 7.44. The largest absolute Gasteiger partial charge is 0.299 e. The lowest BCUT2D eigenvalue weighted by molar-refractivity contribution is -0.118. The summed E-state index contributed by atoms with van der Waals surface area (Å²) in [4.78, 5) is 23.6. The van der Waals surface area contributed by atoms with Gasteiger partial charge in [0.05, 0.1) is 6.42 Å². The molecular formula is C17H24O2. The van der Waals surface area contributed by atoms with Gasteiger partial charge in [-0.1, -0.05) is 56.4 Å². The summed E-state index contributed by atoms with van der Waals surface area (Å²) in [5, 5.41) is 0. The molecule has 0 aliphatic heterocycles. The molecule has 1 aromatic rings. The van der Waals surface area contributed by atoms with Gasteiger partial charge in [-0.2, -0.15) is 0 Å². The van der Waals surface area contributed by atoms with Gasteiger partial charge < -0.3 is 0 Å². The number of aryl methyl sites for hydroxylation is 1. The third-order valence-electron chi connectivity index (χ3n) is 3.26. The fraction of sp³-hybridized carbons (Fsp3) is 0.529. The third kappa shape index (κ3) is 6.32. The van der Waals surface area contributed by atoms with Crippen molar-refractivity contribution in [2.24, 2.45) is 0 Å². The van der Waals surface area contributed by atoms with E-state index in [1.165, 1.54) is 19.3 Å². The fourth-order valence-corrected chi connectivity index (χ4v) is 2.11. The second-order valence-corrected chi connectivity index (χ2v) is 5.17. The molecule has 0 spiro atoms. The van der Waals surface area contributed by atoms with E-state index in [1.54, 1.807) is 6.07 Å². The zero-order chi connectivity index (χ0) is 14.1. The van der Waals surface area contributed by atoms with Gasteiger partial charge >= 0.3 is 0 Å². The van der Waals surface area contributed by atoms with Crippen LogP contribution in [0.1, 0.15) is 67.8 Å². The van der Waals surface area contributed by atoms with E-state index in [-0.39, 0.29) is 18.0 Å². The van der Waals surface area contributed by atoms with Gasteiger partial charge in [-0.3, -0.25) is 9.59 Å². The van der Waals surface area contributed by atoms with E-state index < -0.39 is 0 Å². The first-order chi connectivity index (χ1) is 9.13. The summed E-state index contributed by atoms with van der Waals surface area (Å²) >= 11 is 0. The quantitative estimate of drug-likeness (QED) is 0.372. The van der Waals surface area contributed by atoms with Crippen molar-refractivity contribution in [3.63, 3.8) is 0 Å². The van der Waals surface area contributed by atoms with Crippen LogP contribution in [0.2, 0.25) is 0 Å². The van der Waals surface area contributed by atoms with Crippen molar-refractivity contribution >= 4 is 11.6 Å². The van der Waals surface area contributed by atoms with Gasteiger partial charge in [0, 0.05) is 12.0 Å². The van der Waals surface area contributed by atoms with E-state index in [1.807, 2.05) is 25.1 Å². The van der Waals surface area contributed by atoms with Crippen LogP contribution in [0.5, 0.6) is 0 Å². The summed E-state index contributed by atoms with van der Waals surface area (Å²) in [5.41, 5.74) is 1.71. The summed E-state index contributed by atoms with van der Waals surface area (Å²) in [5.74, 6) is 0.0188. The monoisotopic (exact) mass is 260 g/mol. The molecule has 0 unspecified atom stereocenters. The van der Waals surface area contributed by atoms with Crippen LogP contribution < -0.4 is 0 Å². The van der Waals surface area contributed by atoms with Crippen molar-refractivity contribution in [3.8, 4) is 0 Å². The number of Topliss-reactive ketones (excluding diaryl/α,β-unsaturated/α-hetero) is 2. The van der Waals surface area contributed by atoms with E-state index in [9.17, 15) is 9.59 Å². The molecule has 0 atom stereocenters. The Morgan fingerprint density at radius 1 is 1.05 bits per heavy atom. The lowest BCUT2D eigenvalue weighted by Crippen LogP contribution is -2.08. The topological polar surface area (TPSA) is 34.1 Å². The standard InChI is InChI=1S/C17H24O2/c1-3-4-5-6-7-11-16(18)13-17(19)15-10-8-9-14(2)12-15/h8-10,12H,3-7,11,13H2,1-2H3. The van der Waals surface area contributed by atoms with Gasteiger partial charge in [0.15, 0.2) is 5.78 Å². The number of hydrogen-bond acceptors (Lipinski definition) is 2. The van der Waals surface area contributed by atoms with Crippen LogP contribution in [0.15, 0.2) is 24.3 Å². The maximum atomic E-state index is 11.9. The Labute approximate surface area is 116 Å². The molecule has 0 fully saturated rings. The molecule has 1 aromatic carbocycles. The molecule has 0 bridgehead atoms. The van der Waals surface area contributed by atoms with Crippen molar-refractivity contribution in [2.75, 3.05) is 0 Å². The van der Waals surface area contributed by atoms with Crippen LogP contribution in [-0.2, 0) is 4.79 Å². The van der Waals surface area contributed by atoms with Crippen LogP contribution in [0.4, 0.5) is 0 Å². The summed E-state index contributed by atoms with van der Waals surface area (Å²) < 4.78 is 0. The van der Waals surface area contributed by atoms with Crippen molar-refractivity contribution in [1.82, 2.24) is 0 Å². The average Bonchev–Trinajstić information content (AvgIpc) is 2.38. The van der Waals surface area contributed by atoms with E-state index in [4.69, 9.17) is 0 Å². The first kappa shape index (κ1) is 15.6. The molecule has 0 aliphatic carbocycles. The minimum Gasteiger partial charge on any atom is -0.299 e. The van der Waals surface area contributed by atoms with E-state index >= 15 is 0 Å². The number of unbranched alkanes of at least 4 members (excludes halogenated alkanes) is 4. The predicted octanol–water partition coefficient (Wildman–Crippen LogP) is 4.50. The highest BCUT2D eigenvalue weighted by Crippen LogP contribution is 2.10. The molecule has 2 heteroatoms. The zero-order valence-electron chi connectivity index (χ0n) is 12.1.